The van der Waals surface area contributed by atoms with Gasteiger partial charge in [-0.3, -0.25) is 4.79 Å². The molecule has 1 aliphatic rings. The average Bonchev–Trinajstić information content (AvgIpc) is 2.74. The Bertz CT molecular complexity index is 844. The van der Waals surface area contributed by atoms with Crippen molar-refractivity contribution in [2.75, 3.05) is 42.7 Å². The first-order valence-corrected chi connectivity index (χ1v) is 11.6. The molecule has 184 valence electrons. The van der Waals surface area contributed by atoms with Gasteiger partial charge < -0.3 is 35.3 Å². The Kier molecular flexibility index (Phi) is 9.26. The zero-order valence-electron chi connectivity index (χ0n) is 20.4. The second-order valence-electron chi connectivity index (χ2n) is 9.88. The number of ether oxygens (including phenoxy) is 2. The van der Waals surface area contributed by atoms with Crippen molar-refractivity contribution in [3.63, 3.8) is 0 Å². The van der Waals surface area contributed by atoms with Crippen LogP contribution >= 0.6 is 8.86 Å². The van der Waals surface area contributed by atoms with Gasteiger partial charge in [-0.15, -0.1) is 8.86 Å². The van der Waals surface area contributed by atoms with Gasteiger partial charge in [0.05, 0.1) is 17.8 Å². The van der Waals surface area contributed by atoms with Crippen molar-refractivity contribution in [3.05, 3.63) is 29.0 Å². The smallest absolute Gasteiger partial charge is 0.331 e. The normalized spacial score (nSPS) is 15.5. The van der Waals surface area contributed by atoms with E-state index >= 15 is 0 Å². The first-order chi connectivity index (χ1) is 15.3. The maximum Gasteiger partial charge on any atom is 0.331 e. The van der Waals surface area contributed by atoms with Crippen LogP contribution in [0.1, 0.15) is 51.9 Å². The number of rotatable bonds is 8. The molecule has 1 aromatic rings. The molecule has 1 heterocycles. The molecule has 0 spiro atoms. The van der Waals surface area contributed by atoms with Crippen LogP contribution < -0.4 is 20.6 Å². The molecular formula is C23H36N4O5P-. The summed E-state index contributed by atoms with van der Waals surface area (Å²) in [6.07, 6.45) is 0. The largest absolute Gasteiger partial charge is 0.754 e. The number of carbonyl (C=O) groups is 2. The van der Waals surface area contributed by atoms with Crippen molar-refractivity contribution in [1.82, 2.24) is 10.6 Å². The molecule has 1 unspecified atom stereocenters. The Labute approximate surface area is 198 Å². The predicted molar refractivity (Wildman–Crippen MR) is 135 cm³/mol. The van der Waals surface area contributed by atoms with Crippen LogP contribution in [-0.4, -0.2) is 67.8 Å². The predicted octanol–water partition coefficient (Wildman–Crippen LogP) is 2.56. The number of hydrogen-bond acceptors (Lipinski definition) is 7. The Balaban J connectivity index is 2.34. The summed E-state index contributed by atoms with van der Waals surface area (Å²) < 4.78 is 11.2. The van der Waals surface area contributed by atoms with Gasteiger partial charge in [-0.2, -0.15) is 0 Å². The highest BCUT2D eigenvalue weighted by Crippen LogP contribution is 2.26. The molecule has 2 rings (SSSR count). The van der Waals surface area contributed by atoms with Gasteiger partial charge >= 0.3 is 5.97 Å². The lowest BCUT2D eigenvalue weighted by atomic mass is 10.1. The third kappa shape index (κ3) is 8.59. The molecule has 1 atom stereocenters. The van der Waals surface area contributed by atoms with E-state index in [0.29, 0.717) is 5.06 Å². The minimum atomic E-state index is -1.04. The molecule has 2 N–H and O–H groups in total. The van der Waals surface area contributed by atoms with Crippen LogP contribution in [0, 0.1) is 5.21 Å². The molecule has 0 bridgehead atoms. The number of esters is 1. The Morgan fingerprint density at radius 2 is 1.85 bits per heavy atom. The lowest BCUT2D eigenvalue weighted by Gasteiger charge is -2.32. The van der Waals surface area contributed by atoms with E-state index in [4.69, 9.17) is 9.47 Å². The average molecular weight is 480 g/mol. The number of benzene rings is 1. The van der Waals surface area contributed by atoms with E-state index in [9.17, 15) is 14.8 Å². The fraction of sp³-hybridized carbons (Fsp3) is 0.609. The number of piperazine rings is 1. The zero-order valence-corrected chi connectivity index (χ0v) is 21.4. The number of anilines is 2. The van der Waals surface area contributed by atoms with Crippen molar-refractivity contribution < 1.29 is 19.1 Å². The monoisotopic (exact) mass is 479 g/mol. The molecule has 1 saturated heterocycles. The van der Waals surface area contributed by atoms with Crippen LogP contribution in [0.3, 0.4) is 0 Å². The van der Waals surface area contributed by atoms with E-state index in [1.807, 2.05) is 26.8 Å². The van der Waals surface area contributed by atoms with Gasteiger partial charge in [0.1, 0.15) is 5.60 Å². The number of nitrogens with zero attached hydrogens (tertiary/aromatic N) is 2. The highest BCUT2D eigenvalue weighted by Gasteiger charge is 2.30. The summed E-state index contributed by atoms with van der Waals surface area (Å²) in [7, 11) is 3.08. The van der Waals surface area contributed by atoms with Crippen LogP contribution in [0.5, 0.6) is 0 Å². The fourth-order valence-corrected chi connectivity index (χ4v) is 3.34. The zero-order chi connectivity index (χ0) is 24.8. The molecule has 0 radical (unpaired) electrons. The lowest BCUT2D eigenvalue weighted by Crippen LogP contribution is -2.48. The quantitative estimate of drug-likeness (QED) is 0.333. The van der Waals surface area contributed by atoms with Gasteiger partial charge in [0, 0.05) is 43.5 Å². The topological polar surface area (TPSA) is 106 Å². The Morgan fingerprint density at radius 1 is 1.21 bits per heavy atom. The third-order valence-corrected chi connectivity index (χ3v) is 4.98. The minimum absolute atomic E-state index is 0.0672. The van der Waals surface area contributed by atoms with Gasteiger partial charge in [-0.05, 0) is 59.7 Å². The van der Waals surface area contributed by atoms with E-state index < -0.39 is 29.1 Å². The number of hydroxylamine groups is 1. The molecule has 0 saturated carbocycles. The van der Waals surface area contributed by atoms with Crippen LogP contribution in [-0.2, 0) is 14.3 Å². The van der Waals surface area contributed by atoms with E-state index in [0.717, 1.165) is 37.8 Å². The first-order valence-electron chi connectivity index (χ1n) is 11.0. The summed E-state index contributed by atoms with van der Waals surface area (Å²) in [6, 6.07) is 4.04. The number of hydrogen-bond donors (Lipinski definition) is 2. The Hall–Kier alpha value is -2.19. The summed E-state index contributed by atoms with van der Waals surface area (Å²) in [5, 5.41) is 18.9. The molecular weight excluding hydrogens is 443 g/mol. The molecule has 33 heavy (non-hydrogen) atoms. The Morgan fingerprint density at radius 3 is 2.39 bits per heavy atom. The highest BCUT2D eigenvalue weighted by molar-refractivity contribution is 7.18. The second-order valence-corrected chi connectivity index (χ2v) is 10.1. The van der Waals surface area contributed by atoms with E-state index in [1.54, 1.807) is 32.9 Å². The van der Waals surface area contributed by atoms with Crippen LogP contribution in [0.2, 0.25) is 0 Å². The number of nitrogens with one attached hydrogen (secondary N) is 2. The van der Waals surface area contributed by atoms with Crippen LogP contribution in [0.15, 0.2) is 18.2 Å². The van der Waals surface area contributed by atoms with Gasteiger partial charge in [0.2, 0.25) is 0 Å². The van der Waals surface area contributed by atoms with Crippen molar-refractivity contribution in [3.8, 4) is 0 Å². The van der Waals surface area contributed by atoms with Gasteiger partial charge in [0.25, 0.3) is 5.91 Å². The molecule has 10 heteroatoms. The van der Waals surface area contributed by atoms with Gasteiger partial charge in [-0.1, -0.05) is 0 Å². The maximum absolute atomic E-state index is 13.3. The summed E-state index contributed by atoms with van der Waals surface area (Å²) >= 11 is 0. The summed E-state index contributed by atoms with van der Waals surface area (Å²) in [6.45, 7) is 14.0. The third-order valence-electron chi connectivity index (χ3n) is 4.74. The highest BCUT2D eigenvalue weighted by atomic mass is 31.0. The van der Waals surface area contributed by atoms with Crippen LogP contribution in [0.25, 0.3) is 0 Å². The molecule has 0 aliphatic carbocycles. The SMILES string of the molecule is CC(C)(C)OCC(NC(=O)c1cc(N2CCNCC2)ccc1N([O-])C=P)C(=O)OC(C)(C)C. The van der Waals surface area contributed by atoms with E-state index in [-0.39, 0.29) is 17.9 Å². The molecule has 1 fully saturated rings. The van der Waals surface area contributed by atoms with Gasteiger partial charge in [0.15, 0.2) is 6.04 Å². The summed E-state index contributed by atoms with van der Waals surface area (Å²) in [5.41, 5.74) is -0.117. The second kappa shape index (κ2) is 11.3. The number of amides is 1. The minimum Gasteiger partial charge on any atom is -0.754 e. The summed E-state index contributed by atoms with van der Waals surface area (Å²) in [5.74, 6) is -0.0275. The molecule has 1 amide bonds. The van der Waals surface area contributed by atoms with Crippen LogP contribution in [0.4, 0.5) is 11.4 Å². The summed E-state index contributed by atoms with van der Waals surface area (Å²) in [4.78, 5) is 28.3. The maximum atomic E-state index is 13.3. The van der Waals surface area contributed by atoms with Gasteiger partial charge in [-0.25, -0.2) is 4.79 Å². The molecule has 1 aliphatic heterocycles. The lowest BCUT2D eigenvalue weighted by molar-refractivity contribution is -0.160. The standard InChI is InChI=1S/C23H36N4O5P/c1-22(2,3)31-14-18(21(29)32-23(4,5)6)25-20(28)17-13-16(26-11-9-24-10-12-26)7-8-19(17)27(30)15-33/h7-8,13,15,18,24,33H,9-12,14H2,1-6H3,(H,25,28)/q-1. The van der Waals surface area contributed by atoms with E-state index in [1.165, 1.54) is 0 Å². The van der Waals surface area contributed by atoms with Crippen molar-refractivity contribution in [2.45, 2.75) is 58.8 Å². The first kappa shape index (κ1) is 27.1. The number of carbonyl (C=O) groups excluding carboxylic acids is 2. The molecule has 9 nitrogen and oxygen atoms in total. The van der Waals surface area contributed by atoms with Crippen molar-refractivity contribution in [1.29, 1.82) is 0 Å². The van der Waals surface area contributed by atoms with Crippen molar-refractivity contribution >= 4 is 38.0 Å². The van der Waals surface area contributed by atoms with Crippen molar-refractivity contribution in [2.24, 2.45) is 0 Å². The fourth-order valence-electron chi connectivity index (χ4n) is 3.20. The molecule has 1 aromatic carbocycles. The van der Waals surface area contributed by atoms with E-state index in [2.05, 4.69) is 24.4 Å². The molecule has 0 aromatic heterocycles.